The molecule has 18 heavy (non-hydrogen) atoms. The maximum atomic E-state index is 5.52. The normalized spacial score (nSPS) is 11.2. The number of nitrogens with one attached hydrogen (secondary N) is 1. The minimum Gasteiger partial charge on any atom is -0.384 e. The Morgan fingerprint density at radius 1 is 1.22 bits per heavy atom. The summed E-state index contributed by atoms with van der Waals surface area (Å²) < 4.78 is 6.63. The molecular weight excluding hydrogens is 292 g/mol. The Hall–Kier alpha value is -0.580. The van der Waals surface area contributed by atoms with E-state index in [4.69, 9.17) is 4.74 Å². The van der Waals surface area contributed by atoms with Gasteiger partial charge in [-0.15, -0.1) is 0 Å². The predicted molar refractivity (Wildman–Crippen MR) is 81.2 cm³/mol. The van der Waals surface area contributed by atoms with Crippen LogP contribution in [0, 0.1) is 0 Å². The number of hydrogen-bond donors (Lipinski definition) is 1. The Morgan fingerprint density at radius 2 is 1.89 bits per heavy atom. The van der Waals surface area contributed by atoms with Gasteiger partial charge < -0.3 is 15.0 Å². The summed E-state index contributed by atoms with van der Waals surface area (Å²) in [6, 6.07) is 8.24. The molecule has 0 bridgehead atoms. The van der Waals surface area contributed by atoms with E-state index in [0.717, 1.165) is 36.4 Å². The summed E-state index contributed by atoms with van der Waals surface area (Å²) in [5.41, 5.74) is 1.16. The van der Waals surface area contributed by atoms with Crippen LogP contribution in [-0.2, 0) is 4.74 Å². The van der Waals surface area contributed by atoms with E-state index in [1.54, 1.807) is 0 Å². The van der Waals surface area contributed by atoms with E-state index in [1.165, 1.54) is 0 Å². The van der Waals surface area contributed by atoms with Crippen LogP contribution in [0.1, 0.15) is 13.8 Å². The molecule has 4 heteroatoms. The van der Waals surface area contributed by atoms with E-state index >= 15 is 0 Å². The van der Waals surface area contributed by atoms with E-state index < -0.39 is 0 Å². The molecule has 0 heterocycles. The molecule has 3 nitrogen and oxygen atoms in total. The highest BCUT2D eigenvalue weighted by Crippen LogP contribution is 2.13. The van der Waals surface area contributed by atoms with Gasteiger partial charge >= 0.3 is 0 Å². The van der Waals surface area contributed by atoms with Gasteiger partial charge in [0.2, 0.25) is 0 Å². The molecule has 0 aromatic heterocycles. The molecule has 1 aromatic carbocycles. The molecule has 1 N–H and O–H groups in total. The summed E-state index contributed by atoms with van der Waals surface area (Å²) in [5.74, 6) is 0. The van der Waals surface area contributed by atoms with Crippen molar-refractivity contribution in [2.75, 3.05) is 38.6 Å². The Kier molecular flexibility index (Phi) is 7.32. The molecule has 0 saturated heterocycles. The van der Waals surface area contributed by atoms with Gasteiger partial charge in [-0.2, -0.15) is 0 Å². The first-order valence-electron chi connectivity index (χ1n) is 6.37. The highest BCUT2D eigenvalue weighted by molar-refractivity contribution is 9.10. The number of likely N-dealkylation sites (N-methyl/N-ethyl adjacent to an activating group) is 1. The van der Waals surface area contributed by atoms with Crippen molar-refractivity contribution >= 4 is 21.6 Å². The Labute approximate surface area is 119 Å². The molecule has 1 aromatic rings. The van der Waals surface area contributed by atoms with Gasteiger partial charge in [0.1, 0.15) is 0 Å². The summed E-state index contributed by atoms with van der Waals surface area (Å²) in [4.78, 5) is 2.27. The van der Waals surface area contributed by atoms with Crippen LogP contribution >= 0.6 is 15.9 Å². The predicted octanol–water partition coefficient (Wildman–Crippen LogP) is 3.22. The lowest BCUT2D eigenvalue weighted by atomic mass is 10.3. The van der Waals surface area contributed by atoms with Crippen LogP contribution in [0.5, 0.6) is 0 Å². The van der Waals surface area contributed by atoms with Crippen molar-refractivity contribution in [3.05, 3.63) is 28.7 Å². The lowest BCUT2D eigenvalue weighted by molar-refractivity contribution is 0.0645. The highest BCUT2D eigenvalue weighted by Gasteiger charge is 1.99. The van der Waals surface area contributed by atoms with Crippen LogP contribution < -0.4 is 5.32 Å². The van der Waals surface area contributed by atoms with Crippen LogP contribution in [0.3, 0.4) is 0 Å². The van der Waals surface area contributed by atoms with Gasteiger partial charge in [0.15, 0.2) is 0 Å². The minimum absolute atomic E-state index is 0.319. The Balaban J connectivity index is 2.11. The van der Waals surface area contributed by atoms with Crippen LogP contribution in [0.15, 0.2) is 28.7 Å². The Morgan fingerprint density at radius 3 is 2.50 bits per heavy atom. The third kappa shape index (κ3) is 6.99. The zero-order valence-corrected chi connectivity index (χ0v) is 13.0. The summed E-state index contributed by atoms with van der Waals surface area (Å²) in [7, 11) is 2.12. The van der Waals surface area contributed by atoms with Gasteiger partial charge in [-0.05, 0) is 45.2 Å². The molecule has 0 saturated carbocycles. The van der Waals surface area contributed by atoms with Crippen molar-refractivity contribution in [2.45, 2.75) is 20.0 Å². The topological polar surface area (TPSA) is 24.5 Å². The van der Waals surface area contributed by atoms with Gasteiger partial charge in [0.05, 0.1) is 12.7 Å². The number of nitrogens with zero attached hydrogens (tertiary/aromatic N) is 1. The Bertz CT molecular complexity index is 327. The second-order valence-corrected chi connectivity index (χ2v) is 5.57. The summed E-state index contributed by atoms with van der Waals surface area (Å²) in [6.07, 6.45) is 0.319. The van der Waals surface area contributed by atoms with E-state index in [1.807, 2.05) is 12.1 Å². The number of rotatable bonds is 8. The van der Waals surface area contributed by atoms with Crippen LogP contribution in [0.2, 0.25) is 0 Å². The molecule has 0 spiro atoms. The minimum atomic E-state index is 0.319. The molecule has 0 unspecified atom stereocenters. The fourth-order valence-corrected chi connectivity index (χ4v) is 1.78. The third-order valence-corrected chi connectivity index (χ3v) is 3.12. The number of ether oxygens (including phenoxy) is 1. The molecule has 1 rings (SSSR count). The zero-order valence-electron chi connectivity index (χ0n) is 11.4. The van der Waals surface area contributed by atoms with Crippen LogP contribution in [-0.4, -0.2) is 44.3 Å². The number of hydrogen-bond acceptors (Lipinski definition) is 3. The maximum Gasteiger partial charge on any atom is 0.0596 e. The van der Waals surface area contributed by atoms with Crippen molar-refractivity contribution in [2.24, 2.45) is 0 Å². The average molecular weight is 315 g/mol. The van der Waals surface area contributed by atoms with Crippen LogP contribution in [0.4, 0.5) is 5.69 Å². The highest BCUT2D eigenvalue weighted by atomic mass is 79.9. The average Bonchev–Trinajstić information content (AvgIpc) is 2.31. The van der Waals surface area contributed by atoms with Crippen molar-refractivity contribution in [3.8, 4) is 0 Å². The SMILES string of the molecule is CC(C)OCCN(C)CCNc1ccc(Br)cc1. The van der Waals surface area contributed by atoms with E-state index in [0.29, 0.717) is 6.10 Å². The first kappa shape index (κ1) is 15.5. The summed E-state index contributed by atoms with van der Waals surface area (Å²) in [5, 5.41) is 3.40. The number of anilines is 1. The fourth-order valence-electron chi connectivity index (χ4n) is 1.51. The fraction of sp³-hybridized carbons (Fsp3) is 0.571. The molecule has 0 amide bonds. The number of benzene rings is 1. The molecule has 0 radical (unpaired) electrons. The second-order valence-electron chi connectivity index (χ2n) is 4.66. The summed E-state index contributed by atoms with van der Waals surface area (Å²) in [6.45, 7) is 7.86. The smallest absolute Gasteiger partial charge is 0.0596 e. The summed E-state index contributed by atoms with van der Waals surface area (Å²) >= 11 is 3.43. The number of halogens is 1. The first-order chi connectivity index (χ1) is 8.58. The quantitative estimate of drug-likeness (QED) is 0.797. The third-order valence-electron chi connectivity index (χ3n) is 2.59. The van der Waals surface area contributed by atoms with Crippen molar-refractivity contribution in [3.63, 3.8) is 0 Å². The van der Waals surface area contributed by atoms with Gasteiger partial charge in [0, 0.05) is 29.8 Å². The zero-order chi connectivity index (χ0) is 13.4. The molecule has 0 aliphatic heterocycles. The first-order valence-corrected chi connectivity index (χ1v) is 7.17. The van der Waals surface area contributed by atoms with Gasteiger partial charge in [0.25, 0.3) is 0 Å². The van der Waals surface area contributed by atoms with Crippen molar-refractivity contribution in [1.29, 1.82) is 0 Å². The van der Waals surface area contributed by atoms with Gasteiger partial charge in [-0.1, -0.05) is 15.9 Å². The monoisotopic (exact) mass is 314 g/mol. The lowest BCUT2D eigenvalue weighted by Crippen LogP contribution is -2.29. The van der Waals surface area contributed by atoms with Gasteiger partial charge in [-0.25, -0.2) is 0 Å². The van der Waals surface area contributed by atoms with E-state index in [-0.39, 0.29) is 0 Å². The maximum absolute atomic E-state index is 5.52. The molecular formula is C14H23BrN2O. The van der Waals surface area contributed by atoms with Crippen LogP contribution in [0.25, 0.3) is 0 Å². The van der Waals surface area contributed by atoms with Gasteiger partial charge in [-0.3, -0.25) is 0 Å². The molecule has 0 atom stereocenters. The molecule has 0 aliphatic rings. The van der Waals surface area contributed by atoms with E-state index in [2.05, 4.69) is 59.2 Å². The lowest BCUT2D eigenvalue weighted by Gasteiger charge is -2.18. The molecule has 0 aliphatic carbocycles. The largest absolute Gasteiger partial charge is 0.384 e. The van der Waals surface area contributed by atoms with Crippen molar-refractivity contribution < 1.29 is 4.74 Å². The molecule has 0 fully saturated rings. The van der Waals surface area contributed by atoms with Crippen molar-refractivity contribution in [1.82, 2.24) is 4.90 Å². The van der Waals surface area contributed by atoms with E-state index in [9.17, 15) is 0 Å². The standard InChI is InChI=1S/C14H23BrN2O/c1-12(2)18-11-10-17(3)9-8-16-14-6-4-13(15)5-7-14/h4-7,12,16H,8-11H2,1-3H3. The molecule has 102 valence electrons. The second kappa shape index (κ2) is 8.51.